The normalized spacial score (nSPS) is 11.0. The maximum Gasteiger partial charge on any atom is 0.292 e. The summed E-state index contributed by atoms with van der Waals surface area (Å²) < 4.78 is 13.1. The SMILES string of the molecule is CN=C(NCCNc1ccccc1[N+](=O)[O-])NCc1cccc(F)c1. The molecule has 0 saturated heterocycles. The molecule has 2 aromatic rings. The van der Waals surface area contributed by atoms with E-state index in [0.717, 1.165) is 5.56 Å². The second kappa shape index (κ2) is 9.21. The van der Waals surface area contributed by atoms with Crippen molar-refractivity contribution in [1.29, 1.82) is 0 Å². The Balaban J connectivity index is 1.77. The molecule has 0 bridgehead atoms. The van der Waals surface area contributed by atoms with Crippen LogP contribution >= 0.6 is 0 Å². The summed E-state index contributed by atoms with van der Waals surface area (Å²) in [4.78, 5) is 14.6. The summed E-state index contributed by atoms with van der Waals surface area (Å²) in [5, 5.41) is 20.1. The van der Waals surface area contributed by atoms with Gasteiger partial charge in [0.05, 0.1) is 4.92 Å². The van der Waals surface area contributed by atoms with E-state index in [0.29, 0.717) is 31.3 Å². The Hall–Kier alpha value is -3.16. The summed E-state index contributed by atoms with van der Waals surface area (Å²) in [6.07, 6.45) is 0. The molecule has 0 aliphatic rings. The van der Waals surface area contributed by atoms with E-state index in [9.17, 15) is 14.5 Å². The Kier molecular flexibility index (Phi) is 6.70. The number of nitrogens with one attached hydrogen (secondary N) is 3. The molecular formula is C17H20FN5O2. The number of anilines is 1. The minimum atomic E-state index is -0.421. The molecule has 132 valence electrons. The summed E-state index contributed by atoms with van der Waals surface area (Å²) in [5.41, 5.74) is 1.31. The standard InChI is InChI=1S/C17H20FN5O2/c1-19-17(22-12-13-5-4-6-14(18)11-13)21-10-9-20-15-7-2-3-8-16(15)23(24)25/h2-8,11,20H,9-10,12H2,1H3,(H2,19,21,22). The summed E-state index contributed by atoms with van der Waals surface area (Å²) in [6, 6.07) is 12.8. The fourth-order valence-corrected chi connectivity index (χ4v) is 2.21. The zero-order chi connectivity index (χ0) is 18.1. The number of aliphatic imine (C=N–C) groups is 1. The minimum absolute atomic E-state index is 0.0381. The van der Waals surface area contributed by atoms with Gasteiger partial charge >= 0.3 is 0 Å². The minimum Gasteiger partial charge on any atom is -0.378 e. The number of para-hydroxylation sites is 2. The Bertz CT molecular complexity index is 751. The van der Waals surface area contributed by atoms with E-state index >= 15 is 0 Å². The number of guanidine groups is 1. The Morgan fingerprint density at radius 2 is 1.96 bits per heavy atom. The molecule has 0 saturated carbocycles. The molecular weight excluding hydrogens is 325 g/mol. The topological polar surface area (TPSA) is 91.6 Å². The van der Waals surface area contributed by atoms with Crippen LogP contribution in [0.1, 0.15) is 5.56 Å². The summed E-state index contributed by atoms with van der Waals surface area (Å²) in [6.45, 7) is 1.43. The zero-order valence-electron chi connectivity index (χ0n) is 13.8. The molecule has 0 aliphatic heterocycles. The number of hydrogen-bond donors (Lipinski definition) is 3. The lowest BCUT2D eigenvalue weighted by atomic mass is 10.2. The van der Waals surface area contributed by atoms with E-state index in [1.54, 1.807) is 31.3 Å². The number of rotatable bonds is 7. The van der Waals surface area contributed by atoms with Gasteiger partial charge in [0, 0.05) is 32.7 Å². The van der Waals surface area contributed by atoms with E-state index in [-0.39, 0.29) is 11.5 Å². The lowest BCUT2D eigenvalue weighted by Gasteiger charge is -2.13. The molecule has 0 unspecified atom stereocenters. The molecule has 3 N–H and O–H groups in total. The summed E-state index contributed by atoms with van der Waals surface area (Å²) in [5.74, 6) is 0.282. The monoisotopic (exact) mass is 345 g/mol. The van der Waals surface area contributed by atoms with Crippen LogP contribution < -0.4 is 16.0 Å². The van der Waals surface area contributed by atoms with Crippen LogP contribution in [0.4, 0.5) is 15.8 Å². The molecule has 0 radical (unpaired) electrons. The van der Waals surface area contributed by atoms with Crippen molar-refractivity contribution in [3.8, 4) is 0 Å². The van der Waals surface area contributed by atoms with Crippen LogP contribution in [0.5, 0.6) is 0 Å². The fraction of sp³-hybridized carbons (Fsp3) is 0.235. The lowest BCUT2D eigenvalue weighted by Crippen LogP contribution is -2.39. The van der Waals surface area contributed by atoms with Gasteiger partial charge in [0.15, 0.2) is 5.96 Å². The van der Waals surface area contributed by atoms with Crippen LogP contribution in [0.3, 0.4) is 0 Å². The molecule has 0 spiro atoms. The highest BCUT2D eigenvalue weighted by Crippen LogP contribution is 2.22. The van der Waals surface area contributed by atoms with Crippen LogP contribution in [0.15, 0.2) is 53.5 Å². The van der Waals surface area contributed by atoms with Crippen molar-refractivity contribution in [3.05, 3.63) is 70.0 Å². The number of nitro groups is 1. The molecule has 2 aromatic carbocycles. The van der Waals surface area contributed by atoms with Crippen LogP contribution in [0.2, 0.25) is 0 Å². The van der Waals surface area contributed by atoms with Crippen molar-refractivity contribution in [2.75, 3.05) is 25.5 Å². The maximum atomic E-state index is 13.1. The highest BCUT2D eigenvalue weighted by atomic mass is 19.1. The molecule has 7 nitrogen and oxygen atoms in total. The highest BCUT2D eigenvalue weighted by molar-refractivity contribution is 5.79. The molecule has 0 heterocycles. The van der Waals surface area contributed by atoms with Crippen molar-refractivity contribution in [1.82, 2.24) is 10.6 Å². The molecule has 8 heteroatoms. The van der Waals surface area contributed by atoms with Crippen molar-refractivity contribution >= 4 is 17.3 Å². The van der Waals surface area contributed by atoms with Crippen LogP contribution in [0, 0.1) is 15.9 Å². The molecule has 0 aromatic heterocycles. The van der Waals surface area contributed by atoms with Crippen molar-refractivity contribution in [3.63, 3.8) is 0 Å². The molecule has 0 amide bonds. The fourth-order valence-electron chi connectivity index (χ4n) is 2.21. The third kappa shape index (κ3) is 5.76. The third-order valence-corrected chi connectivity index (χ3v) is 3.41. The first kappa shape index (κ1) is 18.2. The molecule has 0 atom stereocenters. The van der Waals surface area contributed by atoms with Gasteiger partial charge in [0.2, 0.25) is 0 Å². The van der Waals surface area contributed by atoms with Gasteiger partial charge in [0.25, 0.3) is 5.69 Å². The second-order valence-corrected chi connectivity index (χ2v) is 5.18. The smallest absolute Gasteiger partial charge is 0.292 e. The van der Waals surface area contributed by atoms with Gasteiger partial charge in [-0.3, -0.25) is 15.1 Å². The van der Waals surface area contributed by atoms with Gasteiger partial charge < -0.3 is 16.0 Å². The van der Waals surface area contributed by atoms with Crippen LogP contribution in [-0.2, 0) is 6.54 Å². The first-order chi connectivity index (χ1) is 12.1. The third-order valence-electron chi connectivity index (χ3n) is 3.41. The molecule has 0 aliphatic carbocycles. The second-order valence-electron chi connectivity index (χ2n) is 5.18. The van der Waals surface area contributed by atoms with Crippen molar-refractivity contribution in [2.45, 2.75) is 6.54 Å². The van der Waals surface area contributed by atoms with Gasteiger partial charge in [-0.1, -0.05) is 24.3 Å². The first-order valence-electron chi connectivity index (χ1n) is 7.76. The van der Waals surface area contributed by atoms with Gasteiger partial charge in [-0.05, 0) is 23.8 Å². The van der Waals surface area contributed by atoms with E-state index in [1.165, 1.54) is 18.2 Å². The summed E-state index contributed by atoms with van der Waals surface area (Å²) in [7, 11) is 1.64. The van der Waals surface area contributed by atoms with Crippen LogP contribution in [0.25, 0.3) is 0 Å². The maximum absolute atomic E-state index is 13.1. The predicted octanol–water partition coefficient (Wildman–Crippen LogP) is 2.51. The molecule has 2 rings (SSSR count). The van der Waals surface area contributed by atoms with Gasteiger partial charge in [-0.2, -0.15) is 0 Å². The zero-order valence-corrected chi connectivity index (χ0v) is 13.8. The van der Waals surface area contributed by atoms with E-state index in [2.05, 4.69) is 20.9 Å². The Morgan fingerprint density at radius 1 is 1.16 bits per heavy atom. The quantitative estimate of drug-likeness (QED) is 0.236. The Morgan fingerprint density at radius 3 is 2.68 bits per heavy atom. The lowest BCUT2D eigenvalue weighted by molar-refractivity contribution is -0.384. The number of nitro benzene ring substituents is 1. The molecule has 0 fully saturated rings. The van der Waals surface area contributed by atoms with Gasteiger partial charge in [-0.15, -0.1) is 0 Å². The van der Waals surface area contributed by atoms with Crippen molar-refractivity contribution < 1.29 is 9.31 Å². The van der Waals surface area contributed by atoms with Gasteiger partial charge in [-0.25, -0.2) is 4.39 Å². The first-order valence-corrected chi connectivity index (χ1v) is 7.76. The van der Waals surface area contributed by atoms with Crippen molar-refractivity contribution in [2.24, 2.45) is 4.99 Å². The average Bonchev–Trinajstić information content (AvgIpc) is 2.61. The highest BCUT2D eigenvalue weighted by Gasteiger charge is 2.11. The Labute approximate surface area is 145 Å². The van der Waals surface area contributed by atoms with Crippen LogP contribution in [-0.4, -0.2) is 31.0 Å². The van der Waals surface area contributed by atoms with E-state index in [1.807, 2.05) is 6.07 Å². The summed E-state index contributed by atoms with van der Waals surface area (Å²) >= 11 is 0. The number of benzene rings is 2. The predicted molar refractivity (Wildman–Crippen MR) is 96.2 cm³/mol. The van der Waals surface area contributed by atoms with Gasteiger partial charge in [0.1, 0.15) is 11.5 Å². The largest absolute Gasteiger partial charge is 0.378 e. The number of halogens is 1. The van der Waals surface area contributed by atoms with E-state index in [4.69, 9.17) is 0 Å². The average molecular weight is 345 g/mol. The number of nitrogens with zero attached hydrogens (tertiary/aromatic N) is 2. The number of hydrogen-bond acceptors (Lipinski definition) is 4. The molecule has 25 heavy (non-hydrogen) atoms. The van der Waals surface area contributed by atoms with E-state index < -0.39 is 4.92 Å².